The van der Waals surface area contributed by atoms with Crippen LogP contribution in [-0.4, -0.2) is 6.61 Å². The summed E-state index contributed by atoms with van der Waals surface area (Å²) in [5, 5.41) is 0. The Kier molecular flexibility index (Phi) is 7.64. The third-order valence-corrected chi connectivity index (χ3v) is 8.43. The van der Waals surface area contributed by atoms with Crippen LogP contribution in [0.25, 0.3) is 0 Å². The Bertz CT molecular complexity index is 654. The Morgan fingerprint density at radius 2 is 1.33 bits per heavy atom. The topological polar surface area (TPSA) is 9.23 Å². The number of hydrogen-bond acceptors (Lipinski definition) is 1. The van der Waals surface area contributed by atoms with Crippen LogP contribution in [0, 0.1) is 29.5 Å². The summed E-state index contributed by atoms with van der Waals surface area (Å²) >= 11 is 0. The Hall–Kier alpha value is -1.19. The van der Waals surface area contributed by atoms with Crippen LogP contribution in [-0.2, 0) is 0 Å². The highest BCUT2D eigenvalue weighted by molar-refractivity contribution is 5.31. The molecule has 0 spiro atoms. The lowest BCUT2D eigenvalue weighted by Crippen LogP contribution is -2.21. The van der Waals surface area contributed by atoms with Gasteiger partial charge in [-0.05, 0) is 85.8 Å². The fourth-order valence-corrected chi connectivity index (χ4v) is 6.60. The Labute approximate surface area is 179 Å². The van der Waals surface area contributed by atoms with Crippen molar-refractivity contribution in [1.29, 1.82) is 0 Å². The Morgan fingerprint density at radius 1 is 0.767 bits per heavy atom. The second-order valence-electron chi connectivity index (χ2n) is 10.2. The maximum atomic E-state index is 14.0. The van der Waals surface area contributed by atoms with Gasteiger partial charge in [-0.3, -0.25) is 0 Å². The molecule has 1 aromatic rings. The van der Waals surface area contributed by atoms with Crippen LogP contribution >= 0.6 is 0 Å². The van der Waals surface area contributed by atoms with E-state index in [0.717, 1.165) is 42.1 Å². The summed E-state index contributed by atoms with van der Waals surface area (Å²) < 4.78 is 42.9. The van der Waals surface area contributed by atoms with E-state index < -0.39 is 12.4 Å². The first-order valence-corrected chi connectivity index (χ1v) is 12.3. The van der Waals surface area contributed by atoms with Crippen LogP contribution < -0.4 is 4.74 Å². The highest BCUT2D eigenvalue weighted by Gasteiger charge is 2.30. The van der Waals surface area contributed by atoms with Crippen LogP contribution in [0.2, 0.25) is 0 Å². The van der Waals surface area contributed by atoms with Crippen LogP contribution in [0.3, 0.4) is 0 Å². The zero-order valence-corrected chi connectivity index (χ0v) is 18.1. The molecule has 0 radical (unpaired) electrons. The van der Waals surface area contributed by atoms with Gasteiger partial charge < -0.3 is 4.74 Å². The molecule has 4 heteroatoms. The number of ether oxygens (including phenoxy) is 1. The number of benzene rings is 1. The van der Waals surface area contributed by atoms with Crippen LogP contribution in [0.15, 0.2) is 18.2 Å². The van der Waals surface area contributed by atoms with Crippen LogP contribution in [0.1, 0.15) is 101 Å². The molecule has 3 aliphatic carbocycles. The lowest BCUT2D eigenvalue weighted by molar-refractivity contribution is -0.0522. The van der Waals surface area contributed by atoms with E-state index in [9.17, 15) is 13.2 Å². The molecule has 3 fully saturated rings. The quantitative estimate of drug-likeness (QED) is 0.428. The minimum atomic E-state index is -2.99. The van der Waals surface area contributed by atoms with Crippen molar-refractivity contribution in [3.8, 4) is 5.75 Å². The molecule has 0 aliphatic heterocycles. The van der Waals surface area contributed by atoms with Gasteiger partial charge in [-0.25, -0.2) is 4.39 Å². The average Bonchev–Trinajstić information content (AvgIpc) is 3.29. The minimum absolute atomic E-state index is 0.346. The van der Waals surface area contributed by atoms with E-state index in [0.29, 0.717) is 5.92 Å². The van der Waals surface area contributed by atoms with Crippen molar-refractivity contribution < 1.29 is 17.9 Å². The van der Waals surface area contributed by atoms with Gasteiger partial charge in [0.05, 0.1) is 0 Å². The maximum Gasteiger partial charge on any atom is 0.387 e. The van der Waals surface area contributed by atoms with Crippen molar-refractivity contribution in [3.05, 3.63) is 29.6 Å². The fraction of sp³-hybridized carbons (Fsp3) is 0.769. The molecule has 0 atom stereocenters. The molecule has 0 N–H and O–H groups in total. The first kappa shape index (κ1) is 22.0. The summed E-state index contributed by atoms with van der Waals surface area (Å²) in [4.78, 5) is 0. The van der Waals surface area contributed by atoms with Gasteiger partial charge in [-0.15, -0.1) is 0 Å². The largest absolute Gasteiger partial charge is 0.432 e. The van der Waals surface area contributed by atoms with Crippen molar-refractivity contribution in [2.75, 3.05) is 0 Å². The molecule has 1 aromatic carbocycles. The van der Waals surface area contributed by atoms with Gasteiger partial charge >= 0.3 is 6.61 Å². The molecular weight excluding hydrogens is 385 g/mol. The zero-order chi connectivity index (χ0) is 20.9. The van der Waals surface area contributed by atoms with Gasteiger partial charge in [0.2, 0.25) is 0 Å². The van der Waals surface area contributed by atoms with E-state index in [-0.39, 0.29) is 5.75 Å². The van der Waals surface area contributed by atoms with Crippen molar-refractivity contribution >= 4 is 0 Å². The average molecular weight is 423 g/mol. The molecular formula is C26H37F3O. The first-order valence-electron chi connectivity index (χ1n) is 12.3. The van der Waals surface area contributed by atoms with Crippen molar-refractivity contribution in [3.63, 3.8) is 0 Å². The molecule has 168 valence electrons. The van der Waals surface area contributed by atoms with Crippen LogP contribution in [0.5, 0.6) is 5.75 Å². The van der Waals surface area contributed by atoms with Crippen LogP contribution in [0.4, 0.5) is 13.2 Å². The van der Waals surface area contributed by atoms with E-state index in [4.69, 9.17) is 0 Å². The van der Waals surface area contributed by atoms with Gasteiger partial charge in [0, 0.05) is 0 Å². The lowest BCUT2D eigenvalue weighted by Gasteiger charge is -2.34. The molecule has 1 nitrogen and oxygen atoms in total. The van der Waals surface area contributed by atoms with Crippen molar-refractivity contribution in [2.45, 2.75) is 102 Å². The second-order valence-corrected chi connectivity index (χ2v) is 10.2. The van der Waals surface area contributed by atoms with E-state index >= 15 is 0 Å². The lowest BCUT2D eigenvalue weighted by atomic mass is 9.72. The maximum absolute atomic E-state index is 14.0. The summed E-state index contributed by atoms with van der Waals surface area (Å²) in [6, 6.07) is 4.50. The van der Waals surface area contributed by atoms with Crippen molar-refractivity contribution in [2.24, 2.45) is 23.7 Å². The number of rotatable bonds is 7. The second kappa shape index (κ2) is 10.4. The standard InChI is InChI=1S/C26H37F3O/c27-24-17-23(15-16-25(24)30-26(28)29)22-13-9-19(10-14-22)6-5-18-7-11-21(12-8-18)20-3-1-2-4-20/h15-22,26H,1-14H2. The molecule has 0 saturated heterocycles. The fourth-order valence-electron chi connectivity index (χ4n) is 6.60. The Morgan fingerprint density at radius 3 is 1.90 bits per heavy atom. The molecule has 0 amide bonds. The predicted molar refractivity (Wildman–Crippen MR) is 114 cm³/mol. The van der Waals surface area contributed by atoms with Crippen molar-refractivity contribution in [1.82, 2.24) is 0 Å². The summed E-state index contributed by atoms with van der Waals surface area (Å²) in [7, 11) is 0. The molecule has 4 rings (SSSR count). The highest BCUT2D eigenvalue weighted by Crippen LogP contribution is 2.43. The van der Waals surface area contributed by atoms with E-state index in [1.807, 2.05) is 0 Å². The Balaban J connectivity index is 1.17. The molecule has 3 aliphatic rings. The minimum Gasteiger partial charge on any atom is -0.432 e. The van der Waals surface area contributed by atoms with Gasteiger partial charge in [0.1, 0.15) is 0 Å². The van der Waals surface area contributed by atoms with Gasteiger partial charge in [0.15, 0.2) is 11.6 Å². The number of alkyl halides is 2. The summed E-state index contributed by atoms with van der Waals surface area (Å²) in [6.07, 6.45) is 19.1. The monoisotopic (exact) mass is 422 g/mol. The van der Waals surface area contributed by atoms with Gasteiger partial charge in [-0.2, -0.15) is 8.78 Å². The van der Waals surface area contributed by atoms with Gasteiger partial charge in [0.25, 0.3) is 0 Å². The molecule has 0 bridgehead atoms. The van der Waals surface area contributed by atoms with E-state index in [2.05, 4.69) is 4.74 Å². The van der Waals surface area contributed by atoms with E-state index in [1.54, 1.807) is 6.07 Å². The third kappa shape index (κ3) is 5.73. The predicted octanol–water partition coefficient (Wildman–Crippen LogP) is 8.48. The number of halogens is 3. The molecule has 0 heterocycles. The molecule has 3 saturated carbocycles. The number of hydrogen-bond donors (Lipinski definition) is 0. The normalized spacial score (nSPS) is 30.7. The third-order valence-electron chi connectivity index (χ3n) is 8.43. The molecule has 0 unspecified atom stereocenters. The van der Waals surface area contributed by atoms with Gasteiger partial charge in [-0.1, -0.05) is 57.4 Å². The molecule has 30 heavy (non-hydrogen) atoms. The SMILES string of the molecule is Fc1cc(C2CCC(CCC3CCC(C4CCCC4)CC3)CC2)ccc1OC(F)F. The molecule has 0 aromatic heterocycles. The summed E-state index contributed by atoms with van der Waals surface area (Å²) in [5.41, 5.74) is 0.929. The zero-order valence-electron chi connectivity index (χ0n) is 18.1. The summed E-state index contributed by atoms with van der Waals surface area (Å²) in [6.45, 7) is -2.99. The highest BCUT2D eigenvalue weighted by atomic mass is 19.3. The smallest absolute Gasteiger partial charge is 0.387 e. The first-order chi connectivity index (χ1) is 14.6. The van der Waals surface area contributed by atoms with E-state index in [1.165, 1.54) is 89.2 Å². The summed E-state index contributed by atoms with van der Waals surface area (Å²) in [5.74, 6) is 3.13.